The van der Waals surface area contributed by atoms with E-state index in [0.717, 1.165) is 11.1 Å². The number of halogens is 3. The molecule has 0 unspecified atom stereocenters. The molecule has 134 valence electrons. The Hall–Kier alpha value is -2.50. The fourth-order valence-corrected chi connectivity index (χ4v) is 2.44. The van der Waals surface area contributed by atoms with Crippen LogP contribution in [-0.2, 0) is 0 Å². The van der Waals surface area contributed by atoms with Crippen LogP contribution >= 0.6 is 0 Å². The molecule has 0 saturated heterocycles. The summed E-state index contributed by atoms with van der Waals surface area (Å²) in [5.41, 5.74) is 3.34. The highest BCUT2D eigenvalue weighted by Gasteiger charge is 2.31. The van der Waals surface area contributed by atoms with Gasteiger partial charge in [-0.25, -0.2) is 0 Å². The van der Waals surface area contributed by atoms with E-state index in [1.165, 1.54) is 18.2 Å². The van der Waals surface area contributed by atoms with E-state index in [9.17, 15) is 18.0 Å². The molecule has 0 spiro atoms. The first-order chi connectivity index (χ1) is 11.6. The molecule has 0 bridgehead atoms. The van der Waals surface area contributed by atoms with Crippen LogP contribution in [0.5, 0.6) is 5.75 Å². The molecule has 0 radical (unpaired) electrons. The molecule has 6 heteroatoms. The lowest BCUT2D eigenvalue weighted by Crippen LogP contribution is -2.30. The third-order valence-electron chi connectivity index (χ3n) is 3.68. The first kappa shape index (κ1) is 18.8. The van der Waals surface area contributed by atoms with Crippen LogP contribution in [0.1, 0.15) is 35.3 Å². The van der Waals surface area contributed by atoms with Crippen molar-refractivity contribution in [3.05, 3.63) is 53.1 Å². The zero-order chi connectivity index (χ0) is 18.8. The van der Waals surface area contributed by atoms with Gasteiger partial charge in [-0.05, 0) is 68.1 Å². The van der Waals surface area contributed by atoms with E-state index in [4.69, 9.17) is 0 Å². The third kappa shape index (κ3) is 4.98. The maximum Gasteiger partial charge on any atom is 0.573 e. The van der Waals surface area contributed by atoms with Crippen molar-refractivity contribution in [1.29, 1.82) is 0 Å². The first-order valence-electron chi connectivity index (χ1n) is 7.85. The largest absolute Gasteiger partial charge is 0.573 e. The lowest BCUT2D eigenvalue weighted by Gasteiger charge is -2.16. The number of alkyl halides is 3. The van der Waals surface area contributed by atoms with E-state index in [1.807, 2.05) is 27.7 Å². The van der Waals surface area contributed by atoms with Gasteiger partial charge < -0.3 is 10.1 Å². The second-order valence-electron chi connectivity index (χ2n) is 6.19. The molecule has 0 heterocycles. The summed E-state index contributed by atoms with van der Waals surface area (Å²) in [4.78, 5) is 12.5. The van der Waals surface area contributed by atoms with E-state index >= 15 is 0 Å². The monoisotopic (exact) mass is 351 g/mol. The molecule has 0 fully saturated rings. The van der Waals surface area contributed by atoms with Gasteiger partial charge in [0, 0.05) is 11.6 Å². The number of aryl methyl sites for hydroxylation is 2. The number of carbonyl (C=O) groups excluding carboxylic acids is 1. The summed E-state index contributed by atoms with van der Waals surface area (Å²) in [5, 5.41) is 2.82. The average molecular weight is 351 g/mol. The van der Waals surface area contributed by atoms with Gasteiger partial charge in [0.15, 0.2) is 0 Å². The summed E-state index contributed by atoms with van der Waals surface area (Å²) < 4.78 is 41.4. The Labute approximate surface area is 144 Å². The molecular formula is C19H20F3NO2. The fraction of sp³-hybridized carbons (Fsp3) is 0.316. The summed E-state index contributed by atoms with van der Waals surface area (Å²) in [6, 6.07) is 9.13. The Balaban J connectivity index is 2.53. The second-order valence-corrected chi connectivity index (χ2v) is 6.19. The Bertz CT molecular complexity index is 783. The Morgan fingerprint density at radius 1 is 1.08 bits per heavy atom. The minimum absolute atomic E-state index is 0.0538. The Morgan fingerprint density at radius 3 is 2.32 bits per heavy atom. The van der Waals surface area contributed by atoms with Gasteiger partial charge in [0.05, 0.1) is 0 Å². The van der Waals surface area contributed by atoms with Crippen LogP contribution in [0, 0.1) is 13.8 Å². The quantitative estimate of drug-likeness (QED) is 0.841. The molecule has 0 aromatic heterocycles. The predicted octanol–water partition coefficient (Wildman–Crippen LogP) is 5.01. The minimum atomic E-state index is -4.76. The molecule has 3 nitrogen and oxygen atoms in total. The second kappa shape index (κ2) is 7.17. The summed E-state index contributed by atoms with van der Waals surface area (Å²) in [6.07, 6.45) is -4.76. The van der Waals surface area contributed by atoms with Gasteiger partial charge >= 0.3 is 6.36 Å². The highest BCUT2D eigenvalue weighted by molar-refractivity contribution is 6.01. The van der Waals surface area contributed by atoms with Crippen molar-refractivity contribution in [2.75, 3.05) is 0 Å². The predicted molar refractivity (Wildman–Crippen MR) is 90.6 cm³/mol. The molecule has 0 aliphatic rings. The zero-order valence-electron chi connectivity index (χ0n) is 14.5. The van der Waals surface area contributed by atoms with Gasteiger partial charge in [0.2, 0.25) is 0 Å². The lowest BCUT2D eigenvalue weighted by molar-refractivity contribution is -0.274. The number of hydrogen-bond acceptors (Lipinski definition) is 2. The molecule has 0 aliphatic heterocycles. The maximum atomic E-state index is 12.5. The first-order valence-corrected chi connectivity index (χ1v) is 7.85. The molecule has 1 amide bonds. The van der Waals surface area contributed by atoms with Crippen LogP contribution in [0.25, 0.3) is 11.1 Å². The number of hydrogen-bond donors (Lipinski definition) is 1. The average Bonchev–Trinajstić information content (AvgIpc) is 2.47. The fourth-order valence-electron chi connectivity index (χ4n) is 2.44. The smallest absolute Gasteiger partial charge is 0.406 e. The zero-order valence-corrected chi connectivity index (χ0v) is 14.5. The third-order valence-corrected chi connectivity index (χ3v) is 3.68. The standard InChI is InChI=1S/C19H20F3NO2/c1-11(2)23-18(24)17-9-13(4)12(3)8-16(17)14-6-5-7-15(10-14)25-19(20,21)22/h5-11H,1-4H3,(H,23,24). The minimum Gasteiger partial charge on any atom is -0.406 e. The van der Waals surface area contributed by atoms with Gasteiger partial charge in [-0.1, -0.05) is 18.2 Å². The summed E-state index contributed by atoms with van der Waals surface area (Å²) >= 11 is 0. The number of ether oxygens (including phenoxy) is 1. The highest BCUT2D eigenvalue weighted by atomic mass is 19.4. The molecule has 2 aromatic rings. The maximum absolute atomic E-state index is 12.5. The van der Waals surface area contributed by atoms with Crippen LogP contribution in [0.2, 0.25) is 0 Å². The molecule has 2 rings (SSSR count). The topological polar surface area (TPSA) is 38.3 Å². The Morgan fingerprint density at radius 2 is 1.72 bits per heavy atom. The number of nitrogens with one attached hydrogen (secondary N) is 1. The van der Waals surface area contributed by atoms with Crippen molar-refractivity contribution in [2.24, 2.45) is 0 Å². The Kier molecular flexibility index (Phi) is 5.40. The molecular weight excluding hydrogens is 331 g/mol. The van der Waals surface area contributed by atoms with Crippen LogP contribution < -0.4 is 10.1 Å². The van der Waals surface area contributed by atoms with E-state index < -0.39 is 6.36 Å². The molecule has 0 atom stereocenters. The van der Waals surface area contributed by atoms with Crippen LogP contribution in [0.3, 0.4) is 0 Å². The van der Waals surface area contributed by atoms with Crippen LogP contribution in [0.15, 0.2) is 36.4 Å². The highest BCUT2D eigenvalue weighted by Crippen LogP contribution is 2.31. The number of benzene rings is 2. The number of carbonyl (C=O) groups is 1. The number of amides is 1. The van der Waals surface area contributed by atoms with Crippen LogP contribution in [0.4, 0.5) is 13.2 Å². The van der Waals surface area contributed by atoms with E-state index in [1.54, 1.807) is 18.2 Å². The van der Waals surface area contributed by atoms with Gasteiger partial charge in [0.25, 0.3) is 5.91 Å². The van der Waals surface area contributed by atoms with Crippen molar-refractivity contribution in [2.45, 2.75) is 40.1 Å². The van der Waals surface area contributed by atoms with Crippen molar-refractivity contribution < 1.29 is 22.7 Å². The molecule has 2 aromatic carbocycles. The van der Waals surface area contributed by atoms with Gasteiger partial charge in [-0.15, -0.1) is 13.2 Å². The van der Waals surface area contributed by atoms with Crippen molar-refractivity contribution in [3.63, 3.8) is 0 Å². The van der Waals surface area contributed by atoms with Crippen LogP contribution in [-0.4, -0.2) is 18.3 Å². The SMILES string of the molecule is Cc1cc(C(=O)NC(C)C)c(-c2cccc(OC(F)(F)F)c2)cc1C. The number of rotatable bonds is 4. The van der Waals surface area contributed by atoms with Gasteiger partial charge in [0.1, 0.15) is 5.75 Å². The van der Waals surface area contributed by atoms with Crippen molar-refractivity contribution >= 4 is 5.91 Å². The molecule has 0 aliphatic carbocycles. The van der Waals surface area contributed by atoms with Crippen molar-refractivity contribution in [1.82, 2.24) is 5.32 Å². The van der Waals surface area contributed by atoms with Gasteiger partial charge in [-0.3, -0.25) is 4.79 Å². The van der Waals surface area contributed by atoms with Crippen molar-refractivity contribution in [3.8, 4) is 16.9 Å². The van der Waals surface area contributed by atoms with E-state index in [-0.39, 0.29) is 17.7 Å². The van der Waals surface area contributed by atoms with E-state index in [0.29, 0.717) is 16.7 Å². The van der Waals surface area contributed by atoms with E-state index in [2.05, 4.69) is 10.1 Å². The normalized spacial score (nSPS) is 11.5. The lowest BCUT2D eigenvalue weighted by atomic mass is 9.94. The molecule has 1 N–H and O–H groups in total. The molecule has 0 saturated carbocycles. The van der Waals surface area contributed by atoms with Gasteiger partial charge in [-0.2, -0.15) is 0 Å². The summed E-state index contributed by atoms with van der Waals surface area (Å²) in [5.74, 6) is -0.589. The molecule has 25 heavy (non-hydrogen) atoms. The summed E-state index contributed by atoms with van der Waals surface area (Å²) in [6.45, 7) is 7.46. The summed E-state index contributed by atoms with van der Waals surface area (Å²) in [7, 11) is 0.